The molecule has 0 fully saturated rings. The number of aromatic nitrogens is 2. The first-order chi connectivity index (χ1) is 7.11. The minimum absolute atomic E-state index is 0.0129. The summed E-state index contributed by atoms with van der Waals surface area (Å²) < 4.78 is 2.00. The Labute approximate surface area is 91.3 Å². The highest BCUT2D eigenvalue weighted by atomic mass is 16.3. The van der Waals surface area contributed by atoms with E-state index in [9.17, 15) is 0 Å². The SMILES string of the molecule is CCC(C)(CCO)NCc1cncn1C. The van der Waals surface area contributed by atoms with E-state index in [0.717, 1.165) is 25.1 Å². The zero-order chi connectivity index (χ0) is 11.3. The predicted octanol–water partition coefficient (Wildman–Crippen LogP) is 1.06. The standard InChI is InChI=1S/C11H21N3O/c1-4-11(2,5-6-15)13-8-10-7-12-9-14(10)3/h7,9,13,15H,4-6,8H2,1-3H3. The Morgan fingerprint density at radius 1 is 1.60 bits per heavy atom. The lowest BCUT2D eigenvalue weighted by Gasteiger charge is -2.29. The minimum atomic E-state index is 0.0129. The fourth-order valence-electron chi connectivity index (χ4n) is 1.50. The molecule has 0 aliphatic carbocycles. The molecular weight excluding hydrogens is 190 g/mol. The van der Waals surface area contributed by atoms with Gasteiger partial charge >= 0.3 is 0 Å². The Morgan fingerprint density at radius 3 is 2.80 bits per heavy atom. The molecule has 4 heteroatoms. The Bertz CT molecular complexity index is 298. The average molecular weight is 211 g/mol. The molecule has 0 spiro atoms. The van der Waals surface area contributed by atoms with Gasteiger partial charge in [0.25, 0.3) is 0 Å². The lowest BCUT2D eigenvalue weighted by molar-refractivity contribution is 0.214. The van der Waals surface area contributed by atoms with Gasteiger partial charge in [-0.15, -0.1) is 0 Å². The van der Waals surface area contributed by atoms with Gasteiger partial charge in [0.05, 0.1) is 12.0 Å². The monoisotopic (exact) mass is 211 g/mol. The first-order valence-corrected chi connectivity index (χ1v) is 5.42. The lowest BCUT2D eigenvalue weighted by atomic mass is 9.95. The number of hydrogen-bond donors (Lipinski definition) is 2. The highest BCUT2D eigenvalue weighted by molar-refractivity contribution is 4.98. The van der Waals surface area contributed by atoms with Gasteiger partial charge in [0.15, 0.2) is 0 Å². The van der Waals surface area contributed by atoms with E-state index in [2.05, 4.69) is 24.1 Å². The van der Waals surface area contributed by atoms with E-state index in [4.69, 9.17) is 5.11 Å². The van der Waals surface area contributed by atoms with Crippen molar-refractivity contribution in [3.8, 4) is 0 Å². The molecule has 0 radical (unpaired) electrons. The van der Waals surface area contributed by atoms with E-state index in [1.807, 2.05) is 17.8 Å². The van der Waals surface area contributed by atoms with Crippen LogP contribution >= 0.6 is 0 Å². The number of imidazole rings is 1. The molecule has 15 heavy (non-hydrogen) atoms. The van der Waals surface area contributed by atoms with Gasteiger partial charge in [0, 0.05) is 31.9 Å². The summed E-state index contributed by atoms with van der Waals surface area (Å²) >= 11 is 0. The summed E-state index contributed by atoms with van der Waals surface area (Å²) in [7, 11) is 1.99. The van der Waals surface area contributed by atoms with Gasteiger partial charge in [-0.05, 0) is 19.8 Å². The van der Waals surface area contributed by atoms with Crippen LogP contribution in [0.1, 0.15) is 32.4 Å². The maximum Gasteiger partial charge on any atom is 0.0945 e. The second kappa shape index (κ2) is 5.28. The normalized spacial score (nSPS) is 15.2. The van der Waals surface area contributed by atoms with Crippen LogP contribution in [-0.4, -0.2) is 26.8 Å². The number of rotatable bonds is 6. The van der Waals surface area contributed by atoms with E-state index in [1.165, 1.54) is 0 Å². The number of aryl methyl sites for hydroxylation is 1. The van der Waals surface area contributed by atoms with Crippen LogP contribution < -0.4 is 5.32 Å². The van der Waals surface area contributed by atoms with Crippen LogP contribution in [0.4, 0.5) is 0 Å². The molecule has 0 saturated heterocycles. The summed E-state index contributed by atoms with van der Waals surface area (Å²) in [6.45, 7) is 5.29. The molecule has 0 amide bonds. The summed E-state index contributed by atoms with van der Waals surface area (Å²) in [4.78, 5) is 4.07. The highest BCUT2D eigenvalue weighted by Crippen LogP contribution is 2.14. The summed E-state index contributed by atoms with van der Waals surface area (Å²) in [6, 6.07) is 0. The van der Waals surface area contributed by atoms with Crippen molar-refractivity contribution in [1.29, 1.82) is 0 Å². The van der Waals surface area contributed by atoms with Crippen molar-refractivity contribution in [2.75, 3.05) is 6.61 Å². The molecule has 1 rings (SSSR count). The summed E-state index contributed by atoms with van der Waals surface area (Å²) in [5.41, 5.74) is 1.17. The third-order valence-corrected chi connectivity index (χ3v) is 3.06. The summed E-state index contributed by atoms with van der Waals surface area (Å²) in [5, 5.41) is 12.5. The van der Waals surface area contributed by atoms with Gasteiger partial charge in [-0.3, -0.25) is 0 Å². The van der Waals surface area contributed by atoms with Gasteiger partial charge in [-0.25, -0.2) is 4.98 Å². The summed E-state index contributed by atoms with van der Waals surface area (Å²) in [6.07, 6.45) is 5.45. The smallest absolute Gasteiger partial charge is 0.0945 e. The van der Waals surface area contributed by atoms with Gasteiger partial charge in [0.1, 0.15) is 0 Å². The van der Waals surface area contributed by atoms with Crippen LogP contribution in [-0.2, 0) is 13.6 Å². The molecule has 4 nitrogen and oxygen atoms in total. The van der Waals surface area contributed by atoms with E-state index in [1.54, 1.807) is 6.33 Å². The van der Waals surface area contributed by atoms with Crippen molar-refractivity contribution in [2.45, 2.75) is 38.8 Å². The third kappa shape index (κ3) is 3.32. The van der Waals surface area contributed by atoms with Crippen molar-refractivity contribution >= 4 is 0 Å². The van der Waals surface area contributed by atoms with Crippen molar-refractivity contribution in [3.63, 3.8) is 0 Å². The molecule has 0 aliphatic rings. The van der Waals surface area contributed by atoms with Gasteiger partial charge in [-0.2, -0.15) is 0 Å². The highest BCUT2D eigenvalue weighted by Gasteiger charge is 2.20. The molecule has 1 aromatic rings. The van der Waals surface area contributed by atoms with Crippen molar-refractivity contribution in [3.05, 3.63) is 18.2 Å². The largest absolute Gasteiger partial charge is 0.396 e. The maximum atomic E-state index is 8.99. The Kier molecular flexibility index (Phi) is 4.29. The number of hydrogen-bond acceptors (Lipinski definition) is 3. The molecule has 86 valence electrons. The van der Waals surface area contributed by atoms with Crippen LogP contribution in [0.5, 0.6) is 0 Å². The predicted molar refractivity (Wildman–Crippen MR) is 60.4 cm³/mol. The first kappa shape index (κ1) is 12.2. The molecular formula is C11H21N3O. The van der Waals surface area contributed by atoms with E-state index < -0.39 is 0 Å². The van der Waals surface area contributed by atoms with Crippen molar-refractivity contribution < 1.29 is 5.11 Å². The number of nitrogens with one attached hydrogen (secondary N) is 1. The average Bonchev–Trinajstić information content (AvgIpc) is 2.62. The van der Waals surface area contributed by atoms with Crippen LogP contribution in [0, 0.1) is 0 Å². The molecule has 1 heterocycles. The molecule has 1 atom stereocenters. The molecule has 2 N–H and O–H groups in total. The topological polar surface area (TPSA) is 50.1 Å². The molecule has 0 bridgehead atoms. The van der Waals surface area contributed by atoms with Crippen LogP contribution in [0.3, 0.4) is 0 Å². The van der Waals surface area contributed by atoms with Gasteiger partial charge < -0.3 is 15.0 Å². The zero-order valence-electron chi connectivity index (χ0n) is 9.82. The van der Waals surface area contributed by atoms with Crippen LogP contribution in [0.15, 0.2) is 12.5 Å². The second-order valence-corrected chi connectivity index (χ2v) is 4.24. The minimum Gasteiger partial charge on any atom is -0.396 e. The first-order valence-electron chi connectivity index (χ1n) is 5.42. The Hall–Kier alpha value is -0.870. The number of nitrogens with zero attached hydrogens (tertiary/aromatic N) is 2. The van der Waals surface area contributed by atoms with Crippen molar-refractivity contribution in [2.24, 2.45) is 7.05 Å². The number of aliphatic hydroxyl groups is 1. The third-order valence-electron chi connectivity index (χ3n) is 3.06. The maximum absolute atomic E-state index is 8.99. The Morgan fingerprint density at radius 2 is 2.33 bits per heavy atom. The Balaban J connectivity index is 2.51. The second-order valence-electron chi connectivity index (χ2n) is 4.24. The van der Waals surface area contributed by atoms with Gasteiger partial charge in [0.2, 0.25) is 0 Å². The van der Waals surface area contributed by atoms with E-state index >= 15 is 0 Å². The molecule has 0 saturated carbocycles. The molecule has 1 aromatic heterocycles. The quantitative estimate of drug-likeness (QED) is 0.740. The zero-order valence-corrected chi connectivity index (χ0v) is 9.82. The van der Waals surface area contributed by atoms with E-state index in [-0.39, 0.29) is 12.1 Å². The van der Waals surface area contributed by atoms with Crippen LogP contribution in [0.25, 0.3) is 0 Å². The van der Waals surface area contributed by atoms with Crippen molar-refractivity contribution in [1.82, 2.24) is 14.9 Å². The molecule has 0 aromatic carbocycles. The fraction of sp³-hybridized carbons (Fsp3) is 0.727. The lowest BCUT2D eigenvalue weighted by Crippen LogP contribution is -2.42. The fourth-order valence-corrected chi connectivity index (χ4v) is 1.50. The molecule has 1 unspecified atom stereocenters. The van der Waals surface area contributed by atoms with Crippen LogP contribution in [0.2, 0.25) is 0 Å². The number of aliphatic hydroxyl groups excluding tert-OH is 1. The van der Waals surface area contributed by atoms with Gasteiger partial charge in [-0.1, -0.05) is 6.92 Å². The summed E-state index contributed by atoms with van der Waals surface area (Å²) in [5.74, 6) is 0. The molecule has 0 aliphatic heterocycles. The van der Waals surface area contributed by atoms with E-state index in [0.29, 0.717) is 0 Å².